The lowest BCUT2D eigenvalue weighted by molar-refractivity contribution is 0.384. The van der Waals surface area contributed by atoms with Crippen LogP contribution in [0.15, 0.2) is 18.2 Å². The lowest BCUT2D eigenvalue weighted by Crippen LogP contribution is -2.32. The molecule has 1 nitrogen and oxygen atoms in total. The Bertz CT molecular complexity index is 334. The molecule has 0 aromatic heterocycles. The van der Waals surface area contributed by atoms with Crippen LogP contribution in [-0.2, 0) is 6.54 Å². The van der Waals surface area contributed by atoms with Crippen molar-refractivity contribution in [1.82, 2.24) is 5.32 Å². The van der Waals surface area contributed by atoms with Crippen molar-refractivity contribution in [3.05, 3.63) is 35.1 Å². The van der Waals surface area contributed by atoms with Gasteiger partial charge in [0.1, 0.15) is 5.82 Å². The molecule has 1 unspecified atom stereocenters. The second kappa shape index (κ2) is 6.00. The molecule has 0 aliphatic heterocycles. The average molecular weight is 223 g/mol. The van der Waals surface area contributed by atoms with Crippen LogP contribution in [0.4, 0.5) is 4.39 Å². The fourth-order valence-corrected chi connectivity index (χ4v) is 1.93. The molecule has 0 saturated heterocycles. The van der Waals surface area contributed by atoms with Crippen molar-refractivity contribution < 1.29 is 4.39 Å². The molecule has 1 atom stereocenters. The van der Waals surface area contributed by atoms with Crippen molar-refractivity contribution in [1.29, 1.82) is 0 Å². The summed E-state index contributed by atoms with van der Waals surface area (Å²) in [6, 6.07) is 5.72. The van der Waals surface area contributed by atoms with Crippen LogP contribution in [0.2, 0.25) is 0 Å². The van der Waals surface area contributed by atoms with Crippen molar-refractivity contribution >= 4 is 0 Å². The topological polar surface area (TPSA) is 12.0 Å². The van der Waals surface area contributed by atoms with E-state index in [4.69, 9.17) is 0 Å². The number of halogens is 1. The summed E-state index contributed by atoms with van der Waals surface area (Å²) in [4.78, 5) is 0. The molecule has 0 spiro atoms. The van der Waals surface area contributed by atoms with Crippen LogP contribution < -0.4 is 5.32 Å². The molecule has 0 aliphatic carbocycles. The fourth-order valence-electron chi connectivity index (χ4n) is 1.93. The smallest absolute Gasteiger partial charge is 0.127 e. The maximum Gasteiger partial charge on any atom is 0.127 e. The van der Waals surface area contributed by atoms with E-state index < -0.39 is 0 Å². The van der Waals surface area contributed by atoms with Gasteiger partial charge in [0.2, 0.25) is 0 Å². The summed E-state index contributed by atoms with van der Waals surface area (Å²) in [5.74, 6) is 0.467. The van der Waals surface area contributed by atoms with E-state index in [0.717, 1.165) is 17.5 Å². The minimum absolute atomic E-state index is 0.114. The third kappa shape index (κ3) is 3.60. The third-order valence-electron chi connectivity index (χ3n) is 3.00. The van der Waals surface area contributed by atoms with Gasteiger partial charge in [-0.25, -0.2) is 4.39 Å². The lowest BCUT2D eigenvalue weighted by Gasteiger charge is -2.21. The number of hydrogen-bond donors (Lipinski definition) is 1. The fraction of sp³-hybridized carbons (Fsp3) is 0.571. The van der Waals surface area contributed by atoms with Crippen molar-refractivity contribution in [2.24, 2.45) is 5.92 Å². The van der Waals surface area contributed by atoms with Gasteiger partial charge in [-0.05, 0) is 25.3 Å². The van der Waals surface area contributed by atoms with Crippen molar-refractivity contribution in [3.8, 4) is 0 Å². The zero-order chi connectivity index (χ0) is 12.1. The van der Waals surface area contributed by atoms with Crippen LogP contribution in [-0.4, -0.2) is 6.04 Å². The van der Waals surface area contributed by atoms with Gasteiger partial charge in [0, 0.05) is 18.2 Å². The summed E-state index contributed by atoms with van der Waals surface area (Å²) < 4.78 is 13.5. The minimum Gasteiger partial charge on any atom is -0.310 e. The number of aryl methyl sites for hydroxylation is 1. The molecule has 0 bridgehead atoms. The maximum absolute atomic E-state index is 13.5. The Hall–Kier alpha value is -0.890. The molecule has 0 heterocycles. The first-order chi connectivity index (χ1) is 7.54. The van der Waals surface area contributed by atoms with E-state index in [1.165, 1.54) is 0 Å². The number of nitrogens with one attached hydrogen (secondary N) is 1. The molecule has 0 saturated carbocycles. The number of rotatable bonds is 5. The van der Waals surface area contributed by atoms with Crippen molar-refractivity contribution in [3.63, 3.8) is 0 Å². The van der Waals surface area contributed by atoms with Crippen LogP contribution >= 0.6 is 0 Å². The SMILES string of the molecule is CCC(NCc1cc(C)ccc1F)C(C)C. The first kappa shape index (κ1) is 13.2. The zero-order valence-electron chi connectivity index (χ0n) is 10.7. The van der Waals surface area contributed by atoms with Crippen LogP contribution in [0.5, 0.6) is 0 Å². The molecule has 1 N–H and O–H groups in total. The molecule has 2 heteroatoms. The first-order valence-corrected chi connectivity index (χ1v) is 6.03. The Morgan fingerprint density at radius 3 is 2.56 bits per heavy atom. The highest BCUT2D eigenvalue weighted by molar-refractivity contribution is 5.23. The first-order valence-electron chi connectivity index (χ1n) is 6.03. The quantitative estimate of drug-likeness (QED) is 0.803. The Kier molecular flexibility index (Phi) is 4.94. The molecular weight excluding hydrogens is 201 g/mol. The highest BCUT2D eigenvalue weighted by atomic mass is 19.1. The predicted molar refractivity (Wildman–Crippen MR) is 66.9 cm³/mol. The Morgan fingerprint density at radius 2 is 2.00 bits per heavy atom. The number of hydrogen-bond acceptors (Lipinski definition) is 1. The van der Waals surface area contributed by atoms with Crippen molar-refractivity contribution in [2.45, 2.75) is 46.7 Å². The molecule has 0 amide bonds. The molecule has 90 valence electrons. The lowest BCUT2D eigenvalue weighted by atomic mass is 10.0. The maximum atomic E-state index is 13.5. The van der Waals surface area contributed by atoms with E-state index in [2.05, 4.69) is 26.1 Å². The Labute approximate surface area is 98.1 Å². The summed E-state index contributed by atoms with van der Waals surface area (Å²) in [6.07, 6.45) is 1.07. The second-order valence-corrected chi connectivity index (χ2v) is 4.73. The summed E-state index contributed by atoms with van der Waals surface area (Å²) in [7, 11) is 0. The monoisotopic (exact) mass is 223 g/mol. The van der Waals surface area contributed by atoms with Gasteiger partial charge in [-0.15, -0.1) is 0 Å². The zero-order valence-corrected chi connectivity index (χ0v) is 10.7. The second-order valence-electron chi connectivity index (χ2n) is 4.73. The third-order valence-corrected chi connectivity index (χ3v) is 3.00. The van der Waals surface area contributed by atoms with E-state index in [0.29, 0.717) is 18.5 Å². The minimum atomic E-state index is -0.114. The van der Waals surface area contributed by atoms with Gasteiger partial charge in [0.05, 0.1) is 0 Å². The molecule has 1 aromatic carbocycles. The highest BCUT2D eigenvalue weighted by Crippen LogP contribution is 2.12. The molecule has 0 aliphatic rings. The summed E-state index contributed by atoms with van der Waals surface area (Å²) in [5.41, 5.74) is 1.87. The summed E-state index contributed by atoms with van der Waals surface area (Å²) >= 11 is 0. The van der Waals surface area contributed by atoms with Crippen LogP contribution in [0.3, 0.4) is 0 Å². The van der Waals surface area contributed by atoms with E-state index in [1.807, 2.05) is 13.0 Å². The van der Waals surface area contributed by atoms with Crippen LogP contribution in [0, 0.1) is 18.7 Å². The van der Waals surface area contributed by atoms with Gasteiger partial charge in [0.25, 0.3) is 0 Å². The molecule has 1 aromatic rings. The van der Waals surface area contributed by atoms with Crippen molar-refractivity contribution in [2.75, 3.05) is 0 Å². The van der Waals surface area contributed by atoms with Crippen LogP contribution in [0.25, 0.3) is 0 Å². The normalized spacial score (nSPS) is 13.1. The molecular formula is C14H22FN. The molecule has 0 fully saturated rings. The molecule has 0 radical (unpaired) electrons. The van der Waals surface area contributed by atoms with Crippen LogP contribution in [0.1, 0.15) is 38.3 Å². The predicted octanol–water partition coefficient (Wildman–Crippen LogP) is 3.66. The largest absolute Gasteiger partial charge is 0.310 e. The van der Waals surface area contributed by atoms with Gasteiger partial charge < -0.3 is 5.32 Å². The Morgan fingerprint density at radius 1 is 1.31 bits per heavy atom. The van der Waals surface area contributed by atoms with Gasteiger partial charge in [0.15, 0.2) is 0 Å². The van der Waals surface area contributed by atoms with E-state index in [1.54, 1.807) is 12.1 Å². The standard InChI is InChI=1S/C14H22FN/c1-5-14(10(2)3)16-9-12-8-11(4)6-7-13(12)15/h6-8,10,14,16H,5,9H2,1-4H3. The van der Waals surface area contributed by atoms with Gasteiger partial charge in [-0.2, -0.15) is 0 Å². The van der Waals surface area contributed by atoms with Gasteiger partial charge in [-0.1, -0.05) is 38.5 Å². The summed E-state index contributed by atoms with van der Waals surface area (Å²) in [5, 5.41) is 3.41. The number of benzene rings is 1. The summed E-state index contributed by atoms with van der Waals surface area (Å²) in [6.45, 7) is 9.14. The average Bonchev–Trinajstić information content (AvgIpc) is 2.23. The molecule has 1 rings (SSSR count). The van der Waals surface area contributed by atoms with E-state index >= 15 is 0 Å². The van der Waals surface area contributed by atoms with Gasteiger partial charge in [-0.3, -0.25) is 0 Å². The van der Waals surface area contributed by atoms with Gasteiger partial charge >= 0.3 is 0 Å². The van der Waals surface area contributed by atoms with E-state index in [9.17, 15) is 4.39 Å². The highest BCUT2D eigenvalue weighted by Gasteiger charge is 2.11. The Balaban J connectivity index is 2.63. The molecule has 16 heavy (non-hydrogen) atoms. The van der Waals surface area contributed by atoms with E-state index in [-0.39, 0.29) is 5.82 Å².